The van der Waals surface area contributed by atoms with Crippen LogP contribution in [0.5, 0.6) is 0 Å². The molecule has 6 heteroatoms. The summed E-state index contributed by atoms with van der Waals surface area (Å²) in [5.41, 5.74) is 1.42. The van der Waals surface area contributed by atoms with Gasteiger partial charge in [-0.3, -0.25) is 10.1 Å². The zero-order valence-corrected chi connectivity index (χ0v) is 10.3. The number of nitro groups is 1. The molecule has 0 saturated heterocycles. The number of nitrogens with zero attached hydrogens (tertiary/aromatic N) is 2. The number of fused-ring (bicyclic) bond motifs is 1. The Bertz CT molecular complexity index is 765. The van der Waals surface area contributed by atoms with E-state index in [1.54, 1.807) is 30.5 Å². The summed E-state index contributed by atoms with van der Waals surface area (Å²) in [6, 6.07) is 9.63. The summed E-state index contributed by atoms with van der Waals surface area (Å²) in [5.74, 6) is 0.597. The van der Waals surface area contributed by atoms with Crippen LogP contribution in [0.1, 0.15) is 0 Å². The first-order valence-corrected chi connectivity index (χ1v) is 5.82. The van der Waals surface area contributed by atoms with Crippen molar-refractivity contribution < 1.29 is 9.34 Å². The number of non-ortho nitro benzene ring substituents is 1. The van der Waals surface area contributed by atoms with E-state index >= 15 is 0 Å². The highest BCUT2D eigenvalue weighted by atomic mass is 35.5. The summed E-state index contributed by atoms with van der Waals surface area (Å²) in [7, 11) is 0. The summed E-state index contributed by atoms with van der Waals surface area (Å²) in [4.78, 5) is 14.1. The van der Waals surface area contributed by atoms with Crippen molar-refractivity contribution in [2.75, 3.05) is 0 Å². The number of hydrogen-bond donors (Lipinski definition) is 0. The van der Waals surface area contributed by atoms with Crippen LogP contribution in [0.4, 0.5) is 5.69 Å². The lowest BCUT2D eigenvalue weighted by atomic mass is 10.1. The molecule has 94 valence electrons. The van der Waals surface area contributed by atoms with Crippen molar-refractivity contribution in [1.29, 1.82) is 0 Å². The molecule has 0 saturated carbocycles. The summed E-state index contributed by atoms with van der Waals surface area (Å²) >= 11 is 5.96. The maximum atomic E-state index is 10.6. The monoisotopic (exact) mass is 274 g/mol. The van der Waals surface area contributed by atoms with Gasteiger partial charge in [-0.05, 0) is 24.3 Å². The van der Waals surface area contributed by atoms with Gasteiger partial charge in [-0.1, -0.05) is 11.6 Å². The number of pyridine rings is 1. The molecule has 0 radical (unpaired) electrons. The minimum Gasteiger partial charge on any atom is -0.456 e. The van der Waals surface area contributed by atoms with Gasteiger partial charge in [0.2, 0.25) is 0 Å². The van der Waals surface area contributed by atoms with E-state index in [9.17, 15) is 10.1 Å². The van der Waals surface area contributed by atoms with Gasteiger partial charge < -0.3 is 4.42 Å². The Labute approximate surface area is 112 Å². The van der Waals surface area contributed by atoms with Crippen LogP contribution in [-0.4, -0.2) is 9.91 Å². The van der Waals surface area contributed by atoms with E-state index in [4.69, 9.17) is 16.0 Å². The van der Waals surface area contributed by atoms with E-state index in [0.29, 0.717) is 16.5 Å². The molecule has 0 unspecified atom stereocenters. The van der Waals surface area contributed by atoms with E-state index in [2.05, 4.69) is 4.98 Å². The van der Waals surface area contributed by atoms with E-state index in [-0.39, 0.29) is 5.69 Å². The van der Waals surface area contributed by atoms with E-state index in [1.807, 2.05) is 0 Å². The minimum absolute atomic E-state index is 0.0413. The van der Waals surface area contributed by atoms with Crippen LogP contribution in [-0.2, 0) is 0 Å². The van der Waals surface area contributed by atoms with Crippen LogP contribution >= 0.6 is 11.6 Å². The topological polar surface area (TPSA) is 69.2 Å². The average molecular weight is 275 g/mol. The van der Waals surface area contributed by atoms with E-state index < -0.39 is 4.92 Å². The fraction of sp³-hybridized carbons (Fsp3) is 0. The second kappa shape index (κ2) is 4.37. The van der Waals surface area contributed by atoms with Crippen LogP contribution in [0.25, 0.3) is 22.3 Å². The smallest absolute Gasteiger partial charge is 0.269 e. The summed E-state index contributed by atoms with van der Waals surface area (Å²) in [6.45, 7) is 0. The lowest BCUT2D eigenvalue weighted by molar-refractivity contribution is -0.384. The zero-order chi connectivity index (χ0) is 13.4. The SMILES string of the molecule is O=[N+]([O-])c1ccc(-c2cc3c(Cl)nccc3o2)cc1. The second-order valence-corrected chi connectivity index (χ2v) is 4.29. The predicted octanol–water partition coefficient (Wildman–Crippen LogP) is 4.06. The van der Waals surface area contributed by atoms with Crippen LogP contribution in [0.2, 0.25) is 5.15 Å². The van der Waals surface area contributed by atoms with Crippen LogP contribution in [0.15, 0.2) is 47.0 Å². The molecule has 0 aliphatic rings. The average Bonchev–Trinajstić information content (AvgIpc) is 2.84. The number of rotatable bonds is 2. The van der Waals surface area contributed by atoms with Gasteiger partial charge in [0.1, 0.15) is 16.5 Å². The molecular formula is C13H7ClN2O3. The quantitative estimate of drug-likeness (QED) is 0.401. The highest BCUT2D eigenvalue weighted by Gasteiger charge is 2.11. The Kier molecular flexibility index (Phi) is 2.68. The largest absolute Gasteiger partial charge is 0.456 e. The highest BCUT2D eigenvalue weighted by molar-refractivity contribution is 6.34. The number of hydrogen-bond acceptors (Lipinski definition) is 4. The molecule has 19 heavy (non-hydrogen) atoms. The van der Waals surface area contributed by atoms with Gasteiger partial charge in [-0.15, -0.1) is 0 Å². The lowest BCUT2D eigenvalue weighted by Gasteiger charge is -1.95. The Hall–Kier alpha value is -2.40. The normalized spacial score (nSPS) is 10.8. The summed E-state index contributed by atoms with van der Waals surface area (Å²) < 4.78 is 5.64. The van der Waals surface area contributed by atoms with Crippen molar-refractivity contribution >= 4 is 28.3 Å². The fourth-order valence-electron chi connectivity index (χ4n) is 1.82. The molecule has 0 aliphatic heterocycles. The van der Waals surface area contributed by atoms with Gasteiger partial charge in [0.25, 0.3) is 5.69 Å². The molecule has 0 fully saturated rings. The maximum absolute atomic E-state index is 10.6. The van der Waals surface area contributed by atoms with E-state index in [1.165, 1.54) is 12.1 Å². The Morgan fingerprint density at radius 2 is 1.95 bits per heavy atom. The molecular weight excluding hydrogens is 268 g/mol. The zero-order valence-electron chi connectivity index (χ0n) is 9.54. The predicted molar refractivity (Wildman–Crippen MR) is 71.1 cm³/mol. The standard InChI is InChI=1S/C13H7ClN2O3/c14-13-10-7-12(19-11(10)5-6-15-13)8-1-3-9(4-2-8)16(17)18/h1-7H. The van der Waals surface area contributed by atoms with Crippen LogP contribution in [0, 0.1) is 10.1 Å². The number of nitro benzene ring substituents is 1. The first-order valence-electron chi connectivity index (χ1n) is 5.44. The number of aromatic nitrogens is 1. The maximum Gasteiger partial charge on any atom is 0.269 e. The lowest BCUT2D eigenvalue weighted by Crippen LogP contribution is -1.86. The molecule has 0 atom stereocenters. The van der Waals surface area contributed by atoms with Crippen LogP contribution in [0.3, 0.4) is 0 Å². The Balaban J connectivity index is 2.09. The third-order valence-corrected chi connectivity index (χ3v) is 3.06. The first kappa shape index (κ1) is 11.7. The second-order valence-electron chi connectivity index (χ2n) is 3.93. The van der Waals surface area contributed by atoms with E-state index in [0.717, 1.165) is 10.9 Å². The van der Waals surface area contributed by atoms with Crippen molar-refractivity contribution in [1.82, 2.24) is 4.98 Å². The molecule has 3 aromatic rings. The van der Waals surface area contributed by atoms with Crippen molar-refractivity contribution in [3.8, 4) is 11.3 Å². The van der Waals surface area contributed by atoms with Crippen molar-refractivity contribution in [3.63, 3.8) is 0 Å². The molecule has 0 amide bonds. The van der Waals surface area contributed by atoms with Crippen molar-refractivity contribution in [2.24, 2.45) is 0 Å². The molecule has 5 nitrogen and oxygen atoms in total. The molecule has 2 heterocycles. The van der Waals surface area contributed by atoms with Gasteiger partial charge in [-0.2, -0.15) is 0 Å². The van der Waals surface area contributed by atoms with Crippen molar-refractivity contribution in [2.45, 2.75) is 0 Å². The number of furan rings is 1. The summed E-state index contributed by atoms with van der Waals surface area (Å²) in [6.07, 6.45) is 1.56. The third-order valence-electron chi connectivity index (χ3n) is 2.76. The minimum atomic E-state index is -0.441. The molecule has 0 bridgehead atoms. The fourth-order valence-corrected chi connectivity index (χ4v) is 2.02. The summed E-state index contributed by atoms with van der Waals surface area (Å²) in [5, 5.41) is 11.7. The van der Waals surface area contributed by atoms with Gasteiger partial charge in [-0.25, -0.2) is 4.98 Å². The third kappa shape index (κ3) is 2.04. The molecule has 3 rings (SSSR count). The number of benzene rings is 1. The van der Waals surface area contributed by atoms with Gasteiger partial charge in [0, 0.05) is 23.9 Å². The number of halogens is 1. The molecule has 0 N–H and O–H groups in total. The van der Waals surface area contributed by atoms with Gasteiger partial charge in [0.15, 0.2) is 0 Å². The first-order chi connectivity index (χ1) is 9.15. The molecule has 1 aromatic carbocycles. The van der Waals surface area contributed by atoms with Crippen molar-refractivity contribution in [3.05, 3.63) is 57.9 Å². The van der Waals surface area contributed by atoms with Crippen LogP contribution < -0.4 is 0 Å². The highest BCUT2D eigenvalue weighted by Crippen LogP contribution is 2.31. The molecule has 2 aromatic heterocycles. The van der Waals surface area contributed by atoms with Gasteiger partial charge in [0.05, 0.1) is 10.3 Å². The molecule has 0 aliphatic carbocycles. The Morgan fingerprint density at radius 3 is 2.58 bits per heavy atom. The molecule has 0 spiro atoms. The van der Waals surface area contributed by atoms with Gasteiger partial charge >= 0.3 is 0 Å². The Morgan fingerprint density at radius 1 is 1.21 bits per heavy atom.